The van der Waals surface area contributed by atoms with Crippen LogP contribution in [-0.4, -0.2) is 35.4 Å². The van der Waals surface area contributed by atoms with Gasteiger partial charge in [0.1, 0.15) is 4.83 Å². The zero-order valence-corrected chi connectivity index (χ0v) is 19.6. The fraction of sp³-hybridized carbons (Fsp3) is 0.480. The van der Waals surface area contributed by atoms with E-state index in [0.717, 1.165) is 41.3 Å². The van der Waals surface area contributed by atoms with Gasteiger partial charge in [0, 0.05) is 23.4 Å². The number of rotatable bonds is 5. The van der Waals surface area contributed by atoms with Crippen molar-refractivity contribution in [2.45, 2.75) is 58.8 Å². The predicted molar refractivity (Wildman–Crippen MR) is 127 cm³/mol. The first kappa shape index (κ1) is 21.1. The first-order valence-electron chi connectivity index (χ1n) is 11.0. The van der Waals surface area contributed by atoms with Crippen molar-refractivity contribution >= 4 is 27.5 Å². The van der Waals surface area contributed by atoms with E-state index in [0.29, 0.717) is 6.54 Å². The summed E-state index contributed by atoms with van der Waals surface area (Å²) >= 11 is 1.71. The SMILES string of the molecule is Cc1cc(C)cc(-c2[nH]c3sc(C(C)(C)C(=O)N4CCCC4)cc3c2[C@H](C)CN)c1. The number of aromatic amines is 1. The Balaban J connectivity index is 1.82. The highest BCUT2D eigenvalue weighted by atomic mass is 32.1. The van der Waals surface area contributed by atoms with Crippen LogP contribution in [-0.2, 0) is 10.2 Å². The number of H-pyrrole nitrogens is 1. The van der Waals surface area contributed by atoms with Crippen LogP contribution in [0.25, 0.3) is 21.5 Å². The molecule has 2 aromatic heterocycles. The van der Waals surface area contributed by atoms with Crippen molar-refractivity contribution < 1.29 is 4.79 Å². The van der Waals surface area contributed by atoms with Gasteiger partial charge in [-0.3, -0.25) is 4.79 Å². The van der Waals surface area contributed by atoms with Gasteiger partial charge in [-0.25, -0.2) is 0 Å². The van der Waals surface area contributed by atoms with Crippen molar-refractivity contribution in [1.29, 1.82) is 0 Å². The fourth-order valence-electron chi connectivity index (χ4n) is 4.70. The molecule has 0 spiro atoms. The predicted octanol–water partition coefficient (Wildman–Crippen LogP) is 5.48. The van der Waals surface area contributed by atoms with Crippen LogP contribution in [0.5, 0.6) is 0 Å². The number of aryl methyl sites for hydroxylation is 2. The average Bonchev–Trinajstić information content (AvgIpc) is 3.41. The van der Waals surface area contributed by atoms with Crippen molar-refractivity contribution in [3.63, 3.8) is 0 Å². The third-order valence-electron chi connectivity index (χ3n) is 6.43. The van der Waals surface area contributed by atoms with Crippen LogP contribution in [0, 0.1) is 13.8 Å². The standard InChI is InChI=1S/C25H33N3OS/c1-15-10-16(2)12-18(11-15)22-21(17(3)14-26)19-13-20(30-23(19)27-22)25(4,5)24(29)28-8-6-7-9-28/h10-13,17,27H,6-9,14,26H2,1-5H3/t17-/m1/s1. The van der Waals surface area contributed by atoms with Crippen LogP contribution in [0.1, 0.15) is 61.1 Å². The van der Waals surface area contributed by atoms with Gasteiger partial charge in [0.15, 0.2) is 0 Å². The third-order valence-corrected chi connectivity index (χ3v) is 7.80. The number of nitrogens with one attached hydrogen (secondary N) is 1. The Morgan fingerprint density at radius 1 is 1.17 bits per heavy atom. The van der Waals surface area contributed by atoms with Crippen molar-refractivity contribution in [3.8, 4) is 11.3 Å². The largest absolute Gasteiger partial charge is 0.346 e. The average molecular weight is 424 g/mol. The smallest absolute Gasteiger partial charge is 0.233 e. The molecular formula is C25H33N3OS. The summed E-state index contributed by atoms with van der Waals surface area (Å²) in [6, 6.07) is 8.90. The van der Waals surface area contributed by atoms with E-state index in [9.17, 15) is 4.79 Å². The number of benzene rings is 1. The number of carbonyl (C=O) groups is 1. The number of hydrogen-bond donors (Lipinski definition) is 2. The van der Waals surface area contributed by atoms with Gasteiger partial charge in [-0.2, -0.15) is 0 Å². The summed E-state index contributed by atoms with van der Waals surface area (Å²) in [5, 5.41) is 1.21. The molecule has 1 fully saturated rings. The molecular weight excluding hydrogens is 390 g/mol. The number of carbonyl (C=O) groups excluding carboxylic acids is 1. The highest BCUT2D eigenvalue weighted by Crippen LogP contribution is 2.43. The summed E-state index contributed by atoms with van der Waals surface area (Å²) < 4.78 is 0. The van der Waals surface area contributed by atoms with E-state index in [1.54, 1.807) is 11.3 Å². The molecule has 3 heterocycles. The molecule has 1 aromatic carbocycles. The molecule has 160 valence electrons. The van der Waals surface area contributed by atoms with Crippen LogP contribution in [0.2, 0.25) is 0 Å². The summed E-state index contributed by atoms with van der Waals surface area (Å²) in [7, 11) is 0. The molecule has 0 saturated carbocycles. The lowest BCUT2D eigenvalue weighted by molar-refractivity contribution is -0.135. The Morgan fingerprint density at radius 2 is 1.80 bits per heavy atom. The second-order valence-corrected chi connectivity index (χ2v) is 10.5. The van der Waals surface area contributed by atoms with E-state index >= 15 is 0 Å². The Labute approximate surface area is 183 Å². The maximum Gasteiger partial charge on any atom is 0.233 e. The number of amides is 1. The lowest BCUT2D eigenvalue weighted by Gasteiger charge is -2.28. The van der Waals surface area contributed by atoms with Crippen LogP contribution in [0.3, 0.4) is 0 Å². The maximum absolute atomic E-state index is 13.2. The molecule has 1 aliphatic rings. The topological polar surface area (TPSA) is 62.1 Å². The van der Waals surface area contributed by atoms with Gasteiger partial charge in [-0.15, -0.1) is 11.3 Å². The number of fused-ring (bicyclic) bond motifs is 1. The second kappa shape index (κ2) is 7.86. The Morgan fingerprint density at radius 3 is 2.40 bits per heavy atom. The van der Waals surface area contributed by atoms with Crippen molar-refractivity contribution in [2.24, 2.45) is 5.73 Å². The summed E-state index contributed by atoms with van der Waals surface area (Å²) in [5.74, 6) is 0.473. The highest BCUT2D eigenvalue weighted by Gasteiger charge is 2.37. The van der Waals surface area contributed by atoms with Gasteiger partial charge in [-0.05, 0) is 82.3 Å². The van der Waals surface area contributed by atoms with Gasteiger partial charge in [-0.1, -0.05) is 24.1 Å². The number of thiophene rings is 1. The molecule has 0 bridgehead atoms. The van der Waals surface area contributed by atoms with Gasteiger partial charge >= 0.3 is 0 Å². The normalized spacial score (nSPS) is 15.9. The number of likely N-dealkylation sites (tertiary alicyclic amines) is 1. The fourth-order valence-corrected chi connectivity index (χ4v) is 5.88. The zero-order valence-electron chi connectivity index (χ0n) is 18.8. The molecule has 1 saturated heterocycles. The summed E-state index contributed by atoms with van der Waals surface area (Å²) in [4.78, 5) is 21.2. The van der Waals surface area contributed by atoms with Crippen LogP contribution in [0.15, 0.2) is 24.3 Å². The van der Waals surface area contributed by atoms with Gasteiger partial charge in [0.05, 0.1) is 11.1 Å². The maximum atomic E-state index is 13.2. The first-order chi connectivity index (χ1) is 14.2. The number of aromatic nitrogens is 1. The summed E-state index contributed by atoms with van der Waals surface area (Å²) in [6.45, 7) is 13.0. The molecule has 3 N–H and O–H groups in total. The van der Waals surface area contributed by atoms with Crippen molar-refractivity contribution in [3.05, 3.63) is 45.8 Å². The Bertz CT molecular complexity index is 1070. The van der Waals surface area contributed by atoms with Crippen molar-refractivity contribution in [1.82, 2.24) is 9.88 Å². The number of nitrogens with two attached hydrogens (primary N) is 1. The minimum atomic E-state index is -0.516. The van der Waals surface area contributed by atoms with Crippen LogP contribution in [0.4, 0.5) is 0 Å². The van der Waals surface area contributed by atoms with Gasteiger partial charge in [0.2, 0.25) is 5.91 Å². The van der Waals surface area contributed by atoms with Crippen LogP contribution >= 0.6 is 11.3 Å². The monoisotopic (exact) mass is 423 g/mol. The molecule has 0 radical (unpaired) electrons. The zero-order chi connectivity index (χ0) is 21.6. The van der Waals surface area contributed by atoms with Crippen molar-refractivity contribution in [2.75, 3.05) is 19.6 Å². The quantitative estimate of drug-likeness (QED) is 0.571. The number of hydrogen-bond acceptors (Lipinski definition) is 3. The molecule has 1 aliphatic heterocycles. The number of nitrogens with zero attached hydrogens (tertiary/aromatic N) is 1. The van der Waals surface area contributed by atoms with E-state index in [2.05, 4.69) is 63.9 Å². The first-order valence-corrected chi connectivity index (χ1v) is 11.8. The van der Waals surface area contributed by atoms with Gasteiger partial charge < -0.3 is 15.6 Å². The molecule has 4 rings (SSSR count). The van der Waals surface area contributed by atoms with E-state index < -0.39 is 5.41 Å². The van der Waals surface area contributed by atoms with E-state index in [-0.39, 0.29) is 11.8 Å². The minimum Gasteiger partial charge on any atom is -0.346 e. The summed E-state index contributed by atoms with van der Waals surface area (Å²) in [5.41, 5.74) is 11.8. The molecule has 4 nitrogen and oxygen atoms in total. The van der Waals surface area contributed by atoms with E-state index in [4.69, 9.17) is 5.73 Å². The highest BCUT2D eigenvalue weighted by molar-refractivity contribution is 7.19. The molecule has 0 aliphatic carbocycles. The van der Waals surface area contributed by atoms with E-state index in [1.165, 1.54) is 27.6 Å². The lowest BCUT2D eigenvalue weighted by Crippen LogP contribution is -2.41. The van der Waals surface area contributed by atoms with E-state index in [1.807, 2.05) is 4.90 Å². The second-order valence-electron chi connectivity index (χ2n) is 9.40. The van der Waals surface area contributed by atoms with Gasteiger partial charge in [0.25, 0.3) is 0 Å². The lowest BCUT2D eigenvalue weighted by atomic mass is 9.88. The molecule has 30 heavy (non-hydrogen) atoms. The Kier molecular flexibility index (Phi) is 5.54. The molecule has 1 amide bonds. The molecule has 1 atom stereocenters. The molecule has 3 aromatic rings. The molecule has 5 heteroatoms. The molecule has 0 unspecified atom stereocenters. The Hall–Kier alpha value is -2.11. The third kappa shape index (κ3) is 3.58. The summed E-state index contributed by atoms with van der Waals surface area (Å²) in [6.07, 6.45) is 2.23. The van der Waals surface area contributed by atoms with Crippen LogP contribution < -0.4 is 5.73 Å². The minimum absolute atomic E-state index is 0.231.